The summed E-state index contributed by atoms with van der Waals surface area (Å²) in [5.41, 5.74) is 0. The predicted molar refractivity (Wildman–Crippen MR) is 37.3 cm³/mol. The first-order chi connectivity index (χ1) is 3.00. The van der Waals surface area contributed by atoms with Crippen LogP contribution in [0.4, 0.5) is 0 Å². The molecule has 0 aromatic carbocycles. The summed E-state index contributed by atoms with van der Waals surface area (Å²) in [4.78, 5) is 0. The molecule has 0 spiro atoms. The van der Waals surface area contributed by atoms with Crippen LogP contribution in [0.15, 0.2) is 0 Å². The van der Waals surface area contributed by atoms with Gasteiger partial charge in [0.2, 0.25) is 0 Å². The molecule has 47 valence electrons. The van der Waals surface area contributed by atoms with E-state index in [2.05, 4.69) is 0 Å². The van der Waals surface area contributed by atoms with Crippen molar-refractivity contribution in [3.8, 4) is 0 Å². The second-order valence-corrected chi connectivity index (χ2v) is 0. The van der Waals surface area contributed by atoms with Crippen LogP contribution < -0.4 is 0 Å². The van der Waals surface area contributed by atoms with E-state index < -0.39 is 0 Å². The minimum atomic E-state index is 0. The molecule has 0 aliphatic heterocycles. The van der Waals surface area contributed by atoms with Crippen molar-refractivity contribution < 1.29 is 15.3 Å². The average molecular weight is 131 g/mol. The zero-order chi connectivity index (χ0) is 6.00. The van der Waals surface area contributed by atoms with Crippen LogP contribution in [0.2, 0.25) is 0 Å². The van der Waals surface area contributed by atoms with Gasteiger partial charge in [-0.2, -0.15) is 0 Å². The second-order valence-electron chi connectivity index (χ2n) is 0. The average Bonchev–Trinajstić information content (AvgIpc) is 1.81. The molecule has 0 bridgehead atoms. The van der Waals surface area contributed by atoms with E-state index in [-0.39, 0.29) is 36.2 Å². The Balaban J connectivity index is -0.00000000500. The zero-order valence-electron chi connectivity index (χ0n) is 4.92. The van der Waals surface area contributed by atoms with Crippen LogP contribution >= 0.6 is 0 Å². The molecule has 3 radical (unpaired) electrons. The van der Waals surface area contributed by atoms with E-state index in [0.717, 1.165) is 21.3 Å². The topological polar surface area (TPSA) is 60.7 Å². The number of aliphatic hydroxyl groups excluding tert-OH is 3. The van der Waals surface area contributed by atoms with Crippen molar-refractivity contribution in [1.29, 1.82) is 0 Å². The summed E-state index contributed by atoms with van der Waals surface area (Å²) in [6.45, 7) is 0. The van der Waals surface area contributed by atoms with Crippen molar-refractivity contribution in [2.45, 2.75) is 0 Å². The van der Waals surface area contributed by atoms with Gasteiger partial charge in [0.15, 0.2) is 0 Å². The van der Waals surface area contributed by atoms with Crippen LogP contribution in [0.1, 0.15) is 0 Å². The molecule has 0 aliphatic carbocycles. The third-order valence-corrected chi connectivity index (χ3v) is 0. The van der Waals surface area contributed by atoms with Crippen LogP contribution in [0.25, 0.3) is 0 Å². The molecule has 0 aliphatic rings. The monoisotopic (exact) mass is 131 g/mol. The molecule has 0 rings (SSSR count). The molecule has 0 saturated carbocycles. The maximum atomic E-state index is 7.00. The normalized spacial score (nSPS) is 2.25. The Morgan fingerprint density at radius 1 is 0.625 bits per heavy atom. The summed E-state index contributed by atoms with van der Waals surface area (Å²) in [5, 5.41) is 21.0. The van der Waals surface area contributed by atoms with Gasteiger partial charge in [0, 0.05) is 38.7 Å². The van der Waals surface area contributed by atoms with E-state index in [0.29, 0.717) is 0 Å². The Morgan fingerprint density at radius 3 is 0.625 bits per heavy atom. The van der Waals surface area contributed by atoms with E-state index in [1.807, 2.05) is 0 Å². The number of hydrogen-bond acceptors (Lipinski definition) is 3. The van der Waals surface area contributed by atoms with E-state index in [1.54, 1.807) is 0 Å². The third-order valence-electron chi connectivity index (χ3n) is 0. The van der Waals surface area contributed by atoms with Crippen molar-refractivity contribution in [3.05, 3.63) is 0 Å². The molecule has 5 heteroatoms. The molecule has 0 heterocycles. The van der Waals surface area contributed by atoms with Crippen molar-refractivity contribution >= 4 is 36.2 Å². The molecule has 0 unspecified atom stereocenters. The quantitative estimate of drug-likeness (QED) is 0.327. The summed E-state index contributed by atoms with van der Waals surface area (Å²) in [7, 11) is 3.00. The number of rotatable bonds is 0. The van der Waals surface area contributed by atoms with Crippen LogP contribution in [-0.2, 0) is 0 Å². The van der Waals surface area contributed by atoms with Gasteiger partial charge in [-0.3, -0.25) is 0 Å². The molecule has 0 aromatic heterocycles. The molecule has 0 fully saturated rings. The Hall–Kier alpha value is 1.01. The molecular weight excluding hydrogens is 118 g/mol. The summed E-state index contributed by atoms with van der Waals surface area (Å²) < 4.78 is 0. The molecule has 0 saturated heterocycles. The fourth-order valence-corrected chi connectivity index (χ4v) is 0. The van der Waals surface area contributed by atoms with Gasteiger partial charge in [-0.25, -0.2) is 0 Å². The van der Waals surface area contributed by atoms with Gasteiger partial charge in [0.05, 0.1) is 0 Å². The molecule has 8 heavy (non-hydrogen) atoms. The summed E-state index contributed by atoms with van der Waals surface area (Å²) in [6.07, 6.45) is 0. The fourth-order valence-electron chi connectivity index (χ4n) is 0. The minimum absolute atomic E-state index is 0. The molecule has 3 N–H and O–H groups in total. The van der Waals surface area contributed by atoms with Crippen molar-refractivity contribution in [2.75, 3.05) is 21.3 Å². The number of aliphatic hydroxyl groups is 3. The molecule has 3 nitrogen and oxygen atoms in total. The standard InChI is InChI=1S/3CH4O.Al.Li.H/c3*1-2;;;/h3*2H,1H3;;;. The molecule has 0 aromatic rings. The van der Waals surface area contributed by atoms with E-state index >= 15 is 0 Å². The zero-order valence-corrected chi connectivity index (χ0v) is 6.07. The number of hydrogen-bond donors (Lipinski definition) is 3. The Bertz CT molecular complexity index is 14.5. The van der Waals surface area contributed by atoms with E-state index in [1.165, 1.54) is 0 Å². The fraction of sp³-hybridized carbons (Fsp3) is 1.00. The van der Waals surface area contributed by atoms with E-state index in [9.17, 15) is 0 Å². The molecular formula is C3H13AlLiO3. The van der Waals surface area contributed by atoms with Crippen LogP contribution in [-0.4, -0.2) is 72.9 Å². The predicted octanol–water partition coefficient (Wildman–Crippen LogP) is -2.20. The second kappa shape index (κ2) is 386. The maximum absolute atomic E-state index is 7.00. The van der Waals surface area contributed by atoms with Crippen molar-refractivity contribution in [1.82, 2.24) is 0 Å². The van der Waals surface area contributed by atoms with Crippen molar-refractivity contribution in [2.24, 2.45) is 0 Å². The molecule has 0 amide bonds. The van der Waals surface area contributed by atoms with Crippen LogP contribution in [0.3, 0.4) is 0 Å². The van der Waals surface area contributed by atoms with Gasteiger partial charge in [0.1, 0.15) is 0 Å². The SMILES string of the molecule is CO.CO.CO.[Al].[LiH]. The first kappa shape index (κ1) is 36.0. The van der Waals surface area contributed by atoms with E-state index in [4.69, 9.17) is 15.3 Å². The van der Waals surface area contributed by atoms with Gasteiger partial charge in [-0.05, 0) is 0 Å². The summed E-state index contributed by atoms with van der Waals surface area (Å²) in [6, 6.07) is 0. The first-order valence-electron chi connectivity index (χ1n) is 1.34. The summed E-state index contributed by atoms with van der Waals surface area (Å²) in [5.74, 6) is 0. The van der Waals surface area contributed by atoms with Crippen molar-refractivity contribution in [3.63, 3.8) is 0 Å². The van der Waals surface area contributed by atoms with Crippen LogP contribution in [0, 0.1) is 0 Å². The Morgan fingerprint density at radius 2 is 0.625 bits per heavy atom. The van der Waals surface area contributed by atoms with Crippen LogP contribution in [0.5, 0.6) is 0 Å². The van der Waals surface area contributed by atoms with Gasteiger partial charge in [0.25, 0.3) is 0 Å². The third kappa shape index (κ3) is 248. The first-order valence-corrected chi connectivity index (χ1v) is 1.34. The Labute approximate surface area is 73.0 Å². The summed E-state index contributed by atoms with van der Waals surface area (Å²) >= 11 is 0. The van der Waals surface area contributed by atoms with Gasteiger partial charge in [-0.1, -0.05) is 0 Å². The van der Waals surface area contributed by atoms with Gasteiger partial charge < -0.3 is 15.3 Å². The van der Waals surface area contributed by atoms with Gasteiger partial charge >= 0.3 is 18.9 Å². The molecule has 0 atom stereocenters. The Kier molecular flexibility index (Phi) is 1730. The van der Waals surface area contributed by atoms with Gasteiger partial charge in [-0.15, -0.1) is 0 Å².